The molecule has 2 aromatic carbocycles. The molecule has 1 N–H and O–H groups in total. The molecule has 0 fully saturated rings. The predicted octanol–water partition coefficient (Wildman–Crippen LogP) is 3.23. The molecule has 0 aliphatic heterocycles. The molecule has 7 heteroatoms. The second kappa shape index (κ2) is 5.75. The maximum absolute atomic E-state index is 11.3. The number of sulfone groups is 1. The minimum Gasteiger partial charge on any atom is -0.478 e. The first-order valence-corrected chi connectivity index (χ1v) is 8.05. The van der Waals surface area contributed by atoms with Crippen LogP contribution in [0.5, 0.6) is 11.5 Å². The normalized spacial score (nSPS) is 11.1. The lowest BCUT2D eigenvalue weighted by molar-refractivity contribution is 0.0697. The fourth-order valence-corrected chi connectivity index (χ4v) is 2.51. The minimum atomic E-state index is -3.26. The molecule has 0 heterocycles. The molecule has 2 aromatic rings. The summed E-state index contributed by atoms with van der Waals surface area (Å²) < 4.78 is 28.2. The summed E-state index contributed by atoms with van der Waals surface area (Å²) in [6.45, 7) is 0. The van der Waals surface area contributed by atoms with Gasteiger partial charge in [0.2, 0.25) is 0 Å². The largest absolute Gasteiger partial charge is 0.478 e. The van der Waals surface area contributed by atoms with Crippen molar-refractivity contribution in [2.24, 2.45) is 0 Å². The van der Waals surface area contributed by atoms with Crippen LogP contribution in [-0.4, -0.2) is 25.7 Å². The lowest BCUT2D eigenvalue weighted by atomic mass is 10.2. The third-order valence-electron chi connectivity index (χ3n) is 2.66. The highest BCUT2D eigenvalue weighted by atomic mass is 35.5. The molecule has 0 unspecified atom stereocenters. The summed E-state index contributed by atoms with van der Waals surface area (Å²) in [6.07, 6.45) is 1.12. The molecular formula is C14H11ClO5S. The average Bonchev–Trinajstić information content (AvgIpc) is 2.38. The van der Waals surface area contributed by atoms with Crippen LogP contribution in [0.15, 0.2) is 47.4 Å². The van der Waals surface area contributed by atoms with Gasteiger partial charge in [-0.25, -0.2) is 13.2 Å². The Morgan fingerprint density at radius 3 is 2.14 bits per heavy atom. The summed E-state index contributed by atoms with van der Waals surface area (Å²) in [7, 11) is -3.26. The van der Waals surface area contributed by atoms with Crippen LogP contribution < -0.4 is 4.74 Å². The van der Waals surface area contributed by atoms with Crippen LogP contribution in [-0.2, 0) is 9.84 Å². The zero-order chi connectivity index (χ0) is 15.6. The third-order valence-corrected chi connectivity index (χ3v) is 4.10. The first kappa shape index (κ1) is 15.3. The van der Waals surface area contributed by atoms with Gasteiger partial charge in [-0.2, -0.15) is 0 Å². The zero-order valence-corrected chi connectivity index (χ0v) is 12.5. The van der Waals surface area contributed by atoms with E-state index in [0.717, 1.165) is 6.26 Å². The third kappa shape index (κ3) is 3.74. The Labute approximate surface area is 126 Å². The van der Waals surface area contributed by atoms with Crippen LogP contribution in [0.25, 0.3) is 0 Å². The first-order valence-electron chi connectivity index (χ1n) is 5.78. The summed E-state index contributed by atoms with van der Waals surface area (Å²) in [6, 6.07) is 10.1. The number of hydrogen-bond acceptors (Lipinski definition) is 4. The highest BCUT2D eigenvalue weighted by Crippen LogP contribution is 2.27. The van der Waals surface area contributed by atoms with Crippen LogP contribution >= 0.6 is 11.6 Å². The van der Waals surface area contributed by atoms with Crippen LogP contribution in [0.3, 0.4) is 0 Å². The van der Waals surface area contributed by atoms with Gasteiger partial charge in [0.15, 0.2) is 9.84 Å². The van der Waals surface area contributed by atoms with Crippen molar-refractivity contribution >= 4 is 27.4 Å². The van der Waals surface area contributed by atoms with Crippen LogP contribution in [0.2, 0.25) is 5.02 Å². The van der Waals surface area contributed by atoms with E-state index >= 15 is 0 Å². The Balaban J connectivity index is 2.23. The standard InChI is InChI=1S/C14H11ClO5S/c1-21(18,19)11-5-2-9(3-6-11)20-10-4-7-12(14(16)17)13(15)8-10/h2-8H,1H3,(H,16,17). The average molecular weight is 327 g/mol. The first-order chi connectivity index (χ1) is 9.77. The molecule has 5 nitrogen and oxygen atoms in total. The Hall–Kier alpha value is -2.05. The van der Waals surface area contributed by atoms with Crippen molar-refractivity contribution in [2.75, 3.05) is 6.26 Å². The lowest BCUT2D eigenvalue weighted by Gasteiger charge is -2.07. The van der Waals surface area contributed by atoms with E-state index in [9.17, 15) is 13.2 Å². The van der Waals surface area contributed by atoms with Crippen molar-refractivity contribution in [3.8, 4) is 11.5 Å². The number of hydrogen-bond donors (Lipinski definition) is 1. The van der Waals surface area contributed by atoms with Gasteiger partial charge in [-0.15, -0.1) is 0 Å². The molecular weight excluding hydrogens is 316 g/mol. The molecule has 0 saturated carbocycles. The fourth-order valence-electron chi connectivity index (χ4n) is 1.62. The summed E-state index contributed by atoms with van der Waals surface area (Å²) in [4.78, 5) is 11.0. The molecule has 0 aromatic heterocycles. The SMILES string of the molecule is CS(=O)(=O)c1ccc(Oc2ccc(C(=O)O)c(Cl)c2)cc1. The molecule has 0 aliphatic rings. The number of ether oxygens (including phenoxy) is 1. The van der Waals surface area contributed by atoms with Crippen molar-refractivity contribution in [1.82, 2.24) is 0 Å². The quantitative estimate of drug-likeness (QED) is 0.932. The minimum absolute atomic E-state index is 0.0172. The maximum Gasteiger partial charge on any atom is 0.337 e. The Morgan fingerprint density at radius 1 is 1.10 bits per heavy atom. The lowest BCUT2D eigenvalue weighted by Crippen LogP contribution is -1.98. The Kier molecular flexibility index (Phi) is 4.20. The topological polar surface area (TPSA) is 80.7 Å². The number of carboxylic acid groups (broad SMARTS) is 1. The number of halogens is 1. The van der Waals surface area contributed by atoms with Crippen LogP contribution in [0.1, 0.15) is 10.4 Å². The molecule has 0 radical (unpaired) electrons. The highest BCUT2D eigenvalue weighted by Gasteiger charge is 2.10. The Bertz CT molecular complexity index is 782. The van der Waals surface area contributed by atoms with E-state index in [1.807, 2.05) is 0 Å². The van der Waals surface area contributed by atoms with Crippen molar-refractivity contribution in [3.05, 3.63) is 53.1 Å². The number of benzene rings is 2. The van der Waals surface area contributed by atoms with Crippen LogP contribution in [0, 0.1) is 0 Å². The zero-order valence-electron chi connectivity index (χ0n) is 10.9. The van der Waals surface area contributed by atoms with E-state index in [1.54, 1.807) is 0 Å². The van der Waals surface area contributed by atoms with Gasteiger partial charge in [0, 0.05) is 12.3 Å². The molecule has 0 aliphatic carbocycles. The number of carbonyl (C=O) groups is 1. The summed E-state index contributed by atoms with van der Waals surface area (Å²) in [5.74, 6) is -0.345. The fraction of sp³-hybridized carbons (Fsp3) is 0.0714. The molecule has 0 amide bonds. The van der Waals surface area contributed by atoms with Gasteiger partial charge in [-0.05, 0) is 36.4 Å². The van der Waals surface area contributed by atoms with E-state index in [4.69, 9.17) is 21.4 Å². The van der Waals surface area contributed by atoms with Crippen molar-refractivity contribution in [3.63, 3.8) is 0 Å². The van der Waals surface area contributed by atoms with Crippen molar-refractivity contribution in [1.29, 1.82) is 0 Å². The van der Waals surface area contributed by atoms with E-state index in [0.29, 0.717) is 11.5 Å². The molecule has 0 spiro atoms. The number of aromatic carboxylic acids is 1. The van der Waals surface area contributed by atoms with Gasteiger partial charge in [-0.1, -0.05) is 11.6 Å². The predicted molar refractivity (Wildman–Crippen MR) is 78.0 cm³/mol. The summed E-state index contributed by atoms with van der Waals surface area (Å²) in [5.41, 5.74) is -0.0172. The van der Waals surface area contributed by atoms with Gasteiger partial charge in [-0.3, -0.25) is 0 Å². The van der Waals surface area contributed by atoms with E-state index in [-0.39, 0.29) is 15.5 Å². The van der Waals surface area contributed by atoms with Gasteiger partial charge in [0.25, 0.3) is 0 Å². The van der Waals surface area contributed by atoms with E-state index in [2.05, 4.69) is 0 Å². The van der Waals surface area contributed by atoms with Crippen LogP contribution in [0.4, 0.5) is 0 Å². The number of carboxylic acids is 1. The van der Waals surface area contributed by atoms with Gasteiger partial charge in [0.05, 0.1) is 15.5 Å². The second-order valence-corrected chi connectivity index (χ2v) is 6.72. The Morgan fingerprint density at radius 2 is 1.67 bits per heavy atom. The summed E-state index contributed by atoms with van der Waals surface area (Å²) in [5, 5.41) is 8.93. The maximum atomic E-state index is 11.3. The highest BCUT2D eigenvalue weighted by molar-refractivity contribution is 7.90. The van der Waals surface area contributed by atoms with Gasteiger partial charge in [0.1, 0.15) is 11.5 Å². The summed E-state index contributed by atoms with van der Waals surface area (Å²) >= 11 is 5.84. The second-order valence-electron chi connectivity index (χ2n) is 4.29. The van der Waals surface area contributed by atoms with E-state index < -0.39 is 15.8 Å². The van der Waals surface area contributed by atoms with Crippen molar-refractivity contribution < 1.29 is 23.1 Å². The molecule has 0 saturated heterocycles. The van der Waals surface area contributed by atoms with Gasteiger partial charge >= 0.3 is 5.97 Å². The number of rotatable bonds is 4. The molecule has 110 valence electrons. The van der Waals surface area contributed by atoms with E-state index in [1.165, 1.54) is 42.5 Å². The molecule has 0 atom stereocenters. The smallest absolute Gasteiger partial charge is 0.337 e. The monoisotopic (exact) mass is 326 g/mol. The molecule has 0 bridgehead atoms. The van der Waals surface area contributed by atoms with Crippen molar-refractivity contribution in [2.45, 2.75) is 4.90 Å². The van der Waals surface area contributed by atoms with Gasteiger partial charge < -0.3 is 9.84 Å². The molecule has 2 rings (SSSR count). The molecule has 21 heavy (non-hydrogen) atoms.